The first-order valence-electron chi connectivity index (χ1n) is 9.99. The van der Waals surface area contributed by atoms with Crippen molar-refractivity contribution in [3.8, 4) is 11.5 Å². The molecule has 0 saturated carbocycles. The number of rotatable bonds is 7. The number of fused-ring (bicyclic) bond motifs is 1. The zero-order valence-electron chi connectivity index (χ0n) is 16.8. The molecule has 0 spiro atoms. The van der Waals surface area contributed by atoms with Crippen molar-refractivity contribution in [1.82, 2.24) is 5.32 Å². The van der Waals surface area contributed by atoms with Crippen LogP contribution in [-0.2, 0) is 4.79 Å². The topological polar surface area (TPSA) is 76.7 Å². The third kappa shape index (κ3) is 5.58. The zero-order valence-corrected chi connectivity index (χ0v) is 17.6. The molecule has 0 saturated heterocycles. The largest absolute Gasteiger partial charge is 0.486 e. The molecule has 1 aliphatic rings. The molecule has 31 heavy (non-hydrogen) atoms. The van der Waals surface area contributed by atoms with Crippen LogP contribution < -0.4 is 20.1 Å². The highest BCUT2D eigenvalue weighted by atomic mass is 32.2. The molecule has 2 N–H and O–H groups in total. The molecule has 1 heterocycles. The lowest BCUT2D eigenvalue weighted by atomic mass is 10.2. The summed E-state index contributed by atoms with van der Waals surface area (Å²) in [6.07, 6.45) is 0.155. The van der Waals surface area contributed by atoms with E-state index in [0.29, 0.717) is 36.0 Å². The highest BCUT2D eigenvalue weighted by molar-refractivity contribution is 7.99. The maximum absolute atomic E-state index is 12.6. The summed E-state index contributed by atoms with van der Waals surface area (Å²) in [5, 5.41) is 5.72. The third-order valence-corrected chi connectivity index (χ3v) is 5.63. The lowest BCUT2D eigenvalue weighted by Crippen LogP contribution is -2.27. The van der Waals surface area contributed by atoms with Gasteiger partial charge in [0.25, 0.3) is 5.91 Å². The smallest absolute Gasteiger partial charge is 0.251 e. The fourth-order valence-electron chi connectivity index (χ4n) is 3.06. The Bertz CT molecular complexity index is 1060. The van der Waals surface area contributed by atoms with E-state index in [9.17, 15) is 9.59 Å². The molecule has 0 fully saturated rings. The Kier molecular flexibility index (Phi) is 6.74. The van der Waals surface area contributed by atoms with Gasteiger partial charge in [0, 0.05) is 40.5 Å². The molecule has 0 aliphatic carbocycles. The minimum Gasteiger partial charge on any atom is -0.486 e. The van der Waals surface area contributed by atoms with Crippen LogP contribution in [0.3, 0.4) is 0 Å². The molecule has 2 amide bonds. The van der Waals surface area contributed by atoms with E-state index in [-0.39, 0.29) is 24.8 Å². The van der Waals surface area contributed by atoms with Crippen LogP contribution in [0, 0.1) is 0 Å². The number of hydrogen-bond acceptors (Lipinski definition) is 5. The van der Waals surface area contributed by atoms with Crippen LogP contribution in [0.1, 0.15) is 16.8 Å². The zero-order chi connectivity index (χ0) is 21.5. The molecule has 158 valence electrons. The average molecular weight is 435 g/mol. The van der Waals surface area contributed by atoms with Gasteiger partial charge in [-0.15, -0.1) is 0 Å². The van der Waals surface area contributed by atoms with E-state index >= 15 is 0 Å². The summed E-state index contributed by atoms with van der Waals surface area (Å²) in [5.41, 5.74) is 1.22. The third-order valence-electron chi connectivity index (χ3n) is 4.56. The Balaban J connectivity index is 1.42. The predicted octanol–water partition coefficient (Wildman–Crippen LogP) is 4.37. The van der Waals surface area contributed by atoms with Crippen molar-refractivity contribution in [2.75, 3.05) is 25.1 Å². The minimum absolute atomic E-state index is 0.155. The summed E-state index contributed by atoms with van der Waals surface area (Å²) >= 11 is 1.54. The van der Waals surface area contributed by atoms with Gasteiger partial charge < -0.3 is 20.1 Å². The maximum Gasteiger partial charge on any atom is 0.251 e. The van der Waals surface area contributed by atoms with Crippen molar-refractivity contribution in [3.63, 3.8) is 0 Å². The maximum atomic E-state index is 12.6. The van der Waals surface area contributed by atoms with Crippen LogP contribution in [0.5, 0.6) is 11.5 Å². The second-order valence-corrected chi connectivity index (χ2v) is 7.94. The van der Waals surface area contributed by atoms with Gasteiger partial charge in [0.2, 0.25) is 5.91 Å². The SMILES string of the molecule is O=C(CCNC(=O)c1ccccc1)Nc1cc2c(cc1Sc1ccccc1)OCCO2. The van der Waals surface area contributed by atoms with E-state index in [2.05, 4.69) is 10.6 Å². The summed E-state index contributed by atoms with van der Waals surface area (Å²) in [6.45, 7) is 1.21. The van der Waals surface area contributed by atoms with E-state index in [1.165, 1.54) is 11.8 Å². The van der Waals surface area contributed by atoms with E-state index in [1.807, 2.05) is 42.5 Å². The fourth-order valence-corrected chi connectivity index (χ4v) is 3.99. The first-order chi connectivity index (χ1) is 15.2. The number of amides is 2. The Morgan fingerprint density at radius 3 is 2.23 bits per heavy atom. The first-order valence-corrected chi connectivity index (χ1v) is 10.8. The van der Waals surface area contributed by atoms with Crippen LogP contribution in [0.25, 0.3) is 0 Å². The minimum atomic E-state index is -0.201. The van der Waals surface area contributed by atoms with Gasteiger partial charge in [0.15, 0.2) is 11.5 Å². The molecule has 3 aromatic carbocycles. The van der Waals surface area contributed by atoms with E-state index in [4.69, 9.17) is 9.47 Å². The van der Waals surface area contributed by atoms with Crippen molar-refractivity contribution in [2.24, 2.45) is 0 Å². The standard InChI is InChI=1S/C24H22N2O4S/c27-23(11-12-25-24(28)17-7-3-1-4-8-17)26-19-15-20-21(30-14-13-29-20)16-22(19)31-18-9-5-2-6-10-18/h1-10,15-16H,11-14H2,(H,25,28)(H,26,27). The molecule has 3 aromatic rings. The van der Waals surface area contributed by atoms with Gasteiger partial charge in [-0.05, 0) is 24.3 Å². The first kappa shape index (κ1) is 20.8. The number of benzene rings is 3. The number of ether oxygens (including phenoxy) is 2. The van der Waals surface area contributed by atoms with Crippen LogP contribution in [0.2, 0.25) is 0 Å². The second kappa shape index (κ2) is 10.0. The molecule has 0 bridgehead atoms. The van der Waals surface area contributed by atoms with Crippen molar-refractivity contribution < 1.29 is 19.1 Å². The number of anilines is 1. The summed E-state index contributed by atoms with van der Waals surface area (Å²) in [5.74, 6) is 0.877. The van der Waals surface area contributed by atoms with E-state index in [0.717, 1.165) is 9.79 Å². The molecule has 0 unspecified atom stereocenters. The normalized spacial score (nSPS) is 12.1. The predicted molar refractivity (Wildman–Crippen MR) is 120 cm³/mol. The van der Waals surface area contributed by atoms with Gasteiger partial charge in [0.05, 0.1) is 5.69 Å². The van der Waals surface area contributed by atoms with Crippen molar-refractivity contribution in [3.05, 3.63) is 78.4 Å². The Morgan fingerprint density at radius 2 is 1.52 bits per heavy atom. The summed E-state index contributed by atoms with van der Waals surface area (Å²) in [6, 6.07) is 22.5. The quantitative estimate of drug-likeness (QED) is 0.578. The van der Waals surface area contributed by atoms with Gasteiger partial charge in [0.1, 0.15) is 13.2 Å². The van der Waals surface area contributed by atoms with Crippen molar-refractivity contribution in [2.45, 2.75) is 16.2 Å². The van der Waals surface area contributed by atoms with Crippen molar-refractivity contribution in [1.29, 1.82) is 0 Å². The molecule has 1 aliphatic heterocycles. The number of carbonyl (C=O) groups excluding carboxylic acids is 2. The fraction of sp³-hybridized carbons (Fsp3) is 0.167. The molecular weight excluding hydrogens is 412 g/mol. The van der Waals surface area contributed by atoms with Gasteiger partial charge in [-0.2, -0.15) is 0 Å². The lowest BCUT2D eigenvalue weighted by molar-refractivity contribution is -0.116. The molecule has 0 aromatic heterocycles. The number of hydrogen-bond donors (Lipinski definition) is 2. The summed E-state index contributed by atoms with van der Waals surface area (Å²) in [4.78, 5) is 26.6. The Morgan fingerprint density at radius 1 is 0.871 bits per heavy atom. The monoisotopic (exact) mass is 434 g/mol. The van der Waals surface area contributed by atoms with Crippen LogP contribution in [0.15, 0.2) is 82.6 Å². The van der Waals surface area contributed by atoms with Gasteiger partial charge in [-0.3, -0.25) is 9.59 Å². The second-order valence-electron chi connectivity index (χ2n) is 6.83. The molecule has 0 atom stereocenters. The average Bonchev–Trinajstić information content (AvgIpc) is 2.80. The molecular formula is C24H22N2O4S. The highest BCUT2D eigenvalue weighted by Crippen LogP contribution is 2.42. The van der Waals surface area contributed by atoms with Crippen molar-refractivity contribution >= 4 is 29.3 Å². The molecule has 7 heteroatoms. The summed E-state index contributed by atoms with van der Waals surface area (Å²) < 4.78 is 11.4. The van der Waals surface area contributed by atoms with Gasteiger partial charge in [-0.25, -0.2) is 0 Å². The molecule has 0 radical (unpaired) electrons. The Hall–Kier alpha value is -3.45. The highest BCUT2D eigenvalue weighted by Gasteiger charge is 2.18. The van der Waals surface area contributed by atoms with E-state index in [1.54, 1.807) is 30.3 Å². The van der Waals surface area contributed by atoms with Gasteiger partial charge in [-0.1, -0.05) is 48.2 Å². The van der Waals surface area contributed by atoms with Crippen LogP contribution in [-0.4, -0.2) is 31.6 Å². The summed E-state index contributed by atoms with van der Waals surface area (Å²) in [7, 11) is 0. The Labute approximate surface area is 185 Å². The number of nitrogens with one attached hydrogen (secondary N) is 2. The van der Waals surface area contributed by atoms with Crippen LogP contribution in [0.4, 0.5) is 5.69 Å². The van der Waals surface area contributed by atoms with E-state index < -0.39 is 0 Å². The number of carbonyl (C=O) groups is 2. The van der Waals surface area contributed by atoms with Crippen LogP contribution >= 0.6 is 11.8 Å². The van der Waals surface area contributed by atoms with Gasteiger partial charge >= 0.3 is 0 Å². The lowest BCUT2D eigenvalue weighted by Gasteiger charge is -2.21. The molecule has 4 rings (SSSR count). The molecule has 6 nitrogen and oxygen atoms in total.